The van der Waals surface area contributed by atoms with Gasteiger partial charge >= 0.3 is 0 Å². The maximum Gasteiger partial charge on any atom is 0.240 e. The highest BCUT2D eigenvalue weighted by atomic mass is 16.2. The molecule has 2 atom stereocenters. The van der Waals surface area contributed by atoms with Crippen LogP contribution in [0, 0.1) is 23.7 Å². The summed E-state index contributed by atoms with van der Waals surface area (Å²) in [5.74, 6) is 4.85. The van der Waals surface area contributed by atoms with Crippen molar-refractivity contribution in [3.8, 4) is 0 Å². The molecule has 0 spiro atoms. The average molecular weight is 303 g/mol. The lowest BCUT2D eigenvalue weighted by Crippen LogP contribution is -2.50. The van der Waals surface area contributed by atoms with Gasteiger partial charge in [-0.25, -0.2) is 5.84 Å². The van der Waals surface area contributed by atoms with Crippen LogP contribution < -0.4 is 16.6 Å². The molecule has 4 N–H and O–H groups in total. The lowest BCUT2D eigenvalue weighted by molar-refractivity contribution is -0.137. The minimum Gasteiger partial charge on any atom is -0.326 e. The van der Waals surface area contributed by atoms with E-state index in [0.29, 0.717) is 12.8 Å². The van der Waals surface area contributed by atoms with Gasteiger partial charge in [-0.15, -0.1) is 0 Å². The first-order valence-corrected chi connectivity index (χ1v) is 7.61. The predicted molar refractivity (Wildman–Crippen MR) is 86.8 cm³/mol. The summed E-state index contributed by atoms with van der Waals surface area (Å²) in [5, 5.41) is 2.96. The molecule has 0 bridgehead atoms. The highest BCUT2D eigenvalue weighted by Gasteiger charge is 2.57. The molecule has 0 unspecified atom stereocenters. The Morgan fingerprint density at radius 2 is 1.77 bits per heavy atom. The molecule has 0 radical (unpaired) electrons. The quantitative estimate of drug-likeness (QED) is 0.455. The van der Waals surface area contributed by atoms with Gasteiger partial charge in [-0.3, -0.25) is 15.0 Å². The molecule has 22 heavy (non-hydrogen) atoms. The molecule has 1 fully saturated rings. The topological polar surface area (TPSA) is 84.2 Å². The number of amides is 2. The van der Waals surface area contributed by atoms with Crippen molar-refractivity contribution < 1.29 is 9.59 Å². The van der Waals surface area contributed by atoms with E-state index in [2.05, 4.69) is 10.7 Å². The van der Waals surface area contributed by atoms with E-state index in [9.17, 15) is 9.59 Å². The van der Waals surface area contributed by atoms with Gasteiger partial charge in [0.15, 0.2) is 0 Å². The molecule has 1 aromatic rings. The summed E-state index contributed by atoms with van der Waals surface area (Å²) in [6.45, 7) is 7.82. The molecule has 1 aliphatic rings. The van der Waals surface area contributed by atoms with Crippen molar-refractivity contribution in [3.63, 3.8) is 0 Å². The minimum atomic E-state index is -0.642. The van der Waals surface area contributed by atoms with Crippen LogP contribution in [0.2, 0.25) is 0 Å². The summed E-state index contributed by atoms with van der Waals surface area (Å²) in [5.41, 5.74) is 3.06. The fraction of sp³-hybridized carbons (Fsp3) is 0.529. The highest BCUT2D eigenvalue weighted by Crippen LogP contribution is 2.56. The van der Waals surface area contributed by atoms with E-state index < -0.39 is 10.8 Å². The van der Waals surface area contributed by atoms with Crippen molar-refractivity contribution >= 4 is 17.5 Å². The van der Waals surface area contributed by atoms with Gasteiger partial charge in [0.05, 0.1) is 5.41 Å². The smallest absolute Gasteiger partial charge is 0.240 e. The monoisotopic (exact) mass is 303 g/mol. The summed E-state index contributed by atoms with van der Waals surface area (Å²) in [7, 11) is 0. The van der Waals surface area contributed by atoms with Crippen molar-refractivity contribution in [2.24, 2.45) is 22.6 Å². The van der Waals surface area contributed by atoms with Gasteiger partial charge in [0.25, 0.3) is 0 Å². The van der Waals surface area contributed by atoms with E-state index in [4.69, 9.17) is 5.84 Å². The van der Waals surface area contributed by atoms with Gasteiger partial charge in [-0.1, -0.05) is 38.5 Å². The molecule has 2 rings (SSSR count). The number of aryl methyl sites for hydroxylation is 1. The van der Waals surface area contributed by atoms with Crippen LogP contribution in [0.4, 0.5) is 5.69 Å². The summed E-state index contributed by atoms with van der Waals surface area (Å²) in [6, 6.07) is 7.70. The van der Waals surface area contributed by atoms with Crippen molar-refractivity contribution in [1.82, 2.24) is 5.43 Å². The third-order valence-corrected chi connectivity index (χ3v) is 5.49. The van der Waals surface area contributed by atoms with Crippen molar-refractivity contribution in [3.05, 3.63) is 29.8 Å². The molecule has 5 heteroatoms. The number of hydrogen-bond acceptors (Lipinski definition) is 3. The Kier molecular flexibility index (Phi) is 4.29. The molecule has 1 aliphatic carbocycles. The SMILES string of the molecule is Cc1ccc(NC(=O)[C@@H]2CC[C@@](C)(C(=O)NN)C2(C)C)cc1. The maximum absolute atomic E-state index is 12.6. The Bertz CT molecular complexity index is 580. The first-order chi connectivity index (χ1) is 10.2. The van der Waals surface area contributed by atoms with Crippen LogP contribution in [0.1, 0.15) is 39.2 Å². The lowest BCUT2D eigenvalue weighted by Gasteiger charge is -2.39. The number of hydrogen-bond donors (Lipinski definition) is 3. The first-order valence-electron chi connectivity index (χ1n) is 7.61. The number of nitrogens with one attached hydrogen (secondary N) is 2. The van der Waals surface area contributed by atoms with E-state index in [1.54, 1.807) is 0 Å². The van der Waals surface area contributed by atoms with Gasteiger partial charge in [-0.2, -0.15) is 0 Å². The largest absolute Gasteiger partial charge is 0.326 e. The zero-order chi connectivity index (χ0) is 16.5. The molecule has 0 aliphatic heterocycles. The number of carbonyl (C=O) groups is 2. The molecular formula is C17H25N3O2. The van der Waals surface area contributed by atoms with Crippen LogP contribution in [0.5, 0.6) is 0 Å². The minimum absolute atomic E-state index is 0.0394. The molecule has 1 saturated carbocycles. The van der Waals surface area contributed by atoms with Gasteiger partial charge < -0.3 is 5.32 Å². The van der Waals surface area contributed by atoms with Gasteiger partial charge in [0.1, 0.15) is 0 Å². The molecule has 0 aromatic heterocycles. The molecular weight excluding hydrogens is 278 g/mol. The molecule has 1 aromatic carbocycles. The molecule has 120 valence electrons. The Hall–Kier alpha value is -1.88. The number of nitrogens with two attached hydrogens (primary N) is 1. The van der Waals surface area contributed by atoms with Crippen LogP contribution in [-0.2, 0) is 9.59 Å². The second-order valence-electron chi connectivity index (χ2n) is 6.97. The Labute approximate surface area is 131 Å². The van der Waals surface area contributed by atoms with Gasteiger partial charge in [0, 0.05) is 11.6 Å². The van der Waals surface area contributed by atoms with Crippen LogP contribution in [0.25, 0.3) is 0 Å². The van der Waals surface area contributed by atoms with E-state index >= 15 is 0 Å². The van der Waals surface area contributed by atoms with Crippen LogP contribution >= 0.6 is 0 Å². The second kappa shape index (κ2) is 5.72. The number of rotatable bonds is 3. The Balaban J connectivity index is 2.17. The summed E-state index contributed by atoms with van der Waals surface area (Å²) >= 11 is 0. The highest BCUT2D eigenvalue weighted by molar-refractivity contribution is 5.95. The molecule has 2 amide bonds. The number of benzene rings is 1. The van der Waals surface area contributed by atoms with Gasteiger partial charge in [0.2, 0.25) is 11.8 Å². The number of carbonyl (C=O) groups excluding carboxylic acids is 2. The van der Waals surface area contributed by atoms with Crippen LogP contribution in [-0.4, -0.2) is 11.8 Å². The Morgan fingerprint density at radius 3 is 2.32 bits per heavy atom. The number of anilines is 1. The zero-order valence-corrected chi connectivity index (χ0v) is 13.7. The number of hydrazine groups is 1. The first kappa shape index (κ1) is 16.5. The molecule has 5 nitrogen and oxygen atoms in total. The van der Waals surface area contributed by atoms with E-state index in [1.165, 1.54) is 0 Å². The van der Waals surface area contributed by atoms with Crippen LogP contribution in [0.3, 0.4) is 0 Å². The van der Waals surface area contributed by atoms with E-state index in [0.717, 1.165) is 11.3 Å². The van der Waals surface area contributed by atoms with Crippen LogP contribution in [0.15, 0.2) is 24.3 Å². The summed E-state index contributed by atoms with van der Waals surface area (Å²) in [6.07, 6.45) is 1.32. The Morgan fingerprint density at radius 1 is 1.18 bits per heavy atom. The van der Waals surface area contributed by atoms with Crippen molar-refractivity contribution in [2.45, 2.75) is 40.5 Å². The fourth-order valence-electron chi connectivity index (χ4n) is 3.39. The zero-order valence-electron chi connectivity index (χ0n) is 13.7. The standard InChI is InChI=1S/C17H25N3O2/c1-11-5-7-12(8-6-11)19-14(21)13-9-10-17(4,15(22)20-18)16(13,2)3/h5-8,13H,9-10,18H2,1-4H3,(H,19,21)(H,20,22)/t13-,17-/m0/s1. The van der Waals surface area contributed by atoms with Crippen molar-refractivity contribution in [1.29, 1.82) is 0 Å². The third kappa shape index (κ3) is 2.61. The maximum atomic E-state index is 12.6. The van der Waals surface area contributed by atoms with Crippen molar-refractivity contribution in [2.75, 3.05) is 5.32 Å². The second-order valence-corrected chi connectivity index (χ2v) is 6.97. The summed E-state index contributed by atoms with van der Waals surface area (Å²) < 4.78 is 0. The third-order valence-electron chi connectivity index (χ3n) is 5.49. The molecule has 0 saturated heterocycles. The average Bonchev–Trinajstić information content (AvgIpc) is 2.72. The van der Waals surface area contributed by atoms with E-state index in [-0.39, 0.29) is 17.7 Å². The molecule has 0 heterocycles. The predicted octanol–water partition coefficient (Wildman–Crippen LogP) is 2.37. The van der Waals surface area contributed by atoms with E-state index in [1.807, 2.05) is 52.0 Å². The summed E-state index contributed by atoms with van der Waals surface area (Å²) in [4.78, 5) is 24.8. The normalized spacial score (nSPS) is 26.5. The lowest BCUT2D eigenvalue weighted by atomic mass is 9.65. The van der Waals surface area contributed by atoms with Gasteiger partial charge in [-0.05, 0) is 37.3 Å². The fourth-order valence-corrected chi connectivity index (χ4v) is 3.39.